The molecule has 5 nitrogen and oxygen atoms in total. The summed E-state index contributed by atoms with van der Waals surface area (Å²) in [5.41, 5.74) is 5.29. The maximum absolute atomic E-state index is 12.5. The molecule has 0 saturated carbocycles. The van der Waals surface area contributed by atoms with Gasteiger partial charge < -0.3 is 19.6 Å². The second-order valence-electron chi connectivity index (χ2n) is 9.27. The third-order valence-electron chi connectivity index (χ3n) is 5.61. The molecule has 0 heterocycles. The number of carbonyl (C=O) groups is 2. The summed E-state index contributed by atoms with van der Waals surface area (Å²) in [6.45, 7) is 6.18. The normalized spacial score (nSPS) is 13.5. The lowest BCUT2D eigenvalue weighted by Crippen LogP contribution is -2.38. The van der Waals surface area contributed by atoms with Crippen molar-refractivity contribution < 1.29 is 19.1 Å². The molecule has 3 aromatic carbocycles. The number of carbonyl (C=O) groups excluding carboxylic acids is 2. The first-order valence-corrected chi connectivity index (χ1v) is 11.2. The molecule has 0 fully saturated rings. The summed E-state index contributed by atoms with van der Waals surface area (Å²) in [5.74, 6) is 0.742. The third kappa shape index (κ3) is 5.43. The Hall–Kier alpha value is -3.60. The van der Waals surface area contributed by atoms with E-state index in [4.69, 9.17) is 9.47 Å². The van der Waals surface area contributed by atoms with Gasteiger partial charge in [-0.25, -0.2) is 4.79 Å². The number of rotatable bonds is 7. The Morgan fingerprint density at radius 2 is 1.52 bits per heavy atom. The van der Waals surface area contributed by atoms with Gasteiger partial charge in [-0.2, -0.15) is 0 Å². The zero-order valence-corrected chi connectivity index (χ0v) is 19.2. The van der Waals surface area contributed by atoms with Crippen LogP contribution in [0.2, 0.25) is 0 Å². The number of nitrogens with one attached hydrogen (secondary N) is 1. The van der Waals surface area contributed by atoms with Crippen LogP contribution in [-0.2, 0) is 16.0 Å². The van der Waals surface area contributed by atoms with Crippen molar-refractivity contribution in [1.82, 2.24) is 5.32 Å². The van der Waals surface area contributed by atoms with Gasteiger partial charge in [-0.1, -0.05) is 60.7 Å². The fourth-order valence-electron chi connectivity index (χ4n) is 4.23. The van der Waals surface area contributed by atoms with Crippen LogP contribution in [-0.4, -0.2) is 30.6 Å². The van der Waals surface area contributed by atoms with E-state index in [9.17, 15) is 9.59 Å². The SMILES string of the molecule is CC(C)(C)Oc1ccc(C[C@@H](C=O)NC(=O)OCC2c3ccccc3-c3ccccc32)cc1. The average molecular weight is 444 g/mol. The van der Waals surface area contributed by atoms with Crippen LogP contribution in [0.4, 0.5) is 4.79 Å². The molecule has 0 saturated heterocycles. The number of hydrogen-bond donors (Lipinski definition) is 1. The van der Waals surface area contributed by atoms with Crippen molar-refractivity contribution in [3.05, 3.63) is 89.5 Å². The van der Waals surface area contributed by atoms with E-state index in [-0.39, 0.29) is 18.1 Å². The Balaban J connectivity index is 1.35. The number of fused-ring (bicyclic) bond motifs is 3. The first-order valence-electron chi connectivity index (χ1n) is 11.2. The molecule has 170 valence electrons. The van der Waals surface area contributed by atoms with Crippen LogP contribution in [0.5, 0.6) is 5.75 Å². The topological polar surface area (TPSA) is 64.6 Å². The van der Waals surface area contributed by atoms with E-state index in [1.54, 1.807) is 0 Å². The Morgan fingerprint density at radius 1 is 0.939 bits per heavy atom. The number of hydrogen-bond acceptors (Lipinski definition) is 4. The Bertz CT molecular complexity index is 1090. The van der Waals surface area contributed by atoms with Crippen molar-refractivity contribution in [3.63, 3.8) is 0 Å². The highest BCUT2D eigenvalue weighted by molar-refractivity contribution is 5.79. The van der Waals surface area contributed by atoms with Crippen molar-refractivity contribution in [2.24, 2.45) is 0 Å². The number of benzene rings is 3. The van der Waals surface area contributed by atoms with E-state index in [0.29, 0.717) is 6.42 Å². The summed E-state index contributed by atoms with van der Waals surface area (Å²) in [7, 11) is 0. The standard InChI is InChI=1S/C28H29NO4/c1-28(2,3)33-21-14-12-19(13-15-21)16-20(17-30)29-27(31)32-18-26-24-10-6-4-8-22(24)23-9-5-7-11-25(23)26/h4-15,17,20,26H,16,18H2,1-3H3,(H,29,31)/t20-/m0/s1. The highest BCUT2D eigenvalue weighted by Gasteiger charge is 2.29. The van der Waals surface area contributed by atoms with Gasteiger partial charge in [0.2, 0.25) is 0 Å². The minimum absolute atomic E-state index is 0.0202. The van der Waals surface area contributed by atoms with Crippen LogP contribution >= 0.6 is 0 Å². The molecule has 1 N–H and O–H groups in total. The molecular formula is C28H29NO4. The zero-order valence-electron chi connectivity index (χ0n) is 19.2. The molecule has 1 aliphatic rings. The number of amides is 1. The zero-order chi connectivity index (χ0) is 23.4. The molecule has 0 spiro atoms. The quantitative estimate of drug-likeness (QED) is 0.489. The van der Waals surface area contributed by atoms with E-state index in [2.05, 4.69) is 29.6 Å². The van der Waals surface area contributed by atoms with Gasteiger partial charge in [-0.15, -0.1) is 0 Å². The van der Waals surface area contributed by atoms with Crippen molar-refractivity contribution >= 4 is 12.4 Å². The molecule has 0 aromatic heterocycles. The number of alkyl carbamates (subject to hydrolysis) is 1. The van der Waals surface area contributed by atoms with Crippen LogP contribution in [0, 0.1) is 0 Å². The highest BCUT2D eigenvalue weighted by atomic mass is 16.5. The summed E-state index contributed by atoms with van der Waals surface area (Å²) in [6, 6.07) is 23.2. The van der Waals surface area contributed by atoms with Crippen LogP contribution in [0.3, 0.4) is 0 Å². The molecule has 1 aliphatic carbocycles. The molecule has 0 aliphatic heterocycles. The lowest BCUT2D eigenvalue weighted by molar-refractivity contribution is -0.109. The first-order chi connectivity index (χ1) is 15.8. The molecule has 33 heavy (non-hydrogen) atoms. The van der Waals surface area contributed by atoms with E-state index < -0.39 is 12.1 Å². The van der Waals surface area contributed by atoms with Gasteiger partial charge in [0.1, 0.15) is 24.2 Å². The molecule has 0 unspecified atom stereocenters. The highest BCUT2D eigenvalue weighted by Crippen LogP contribution is 2.44. The summed E-state index contributed by atoms with van der Waals surface area (Å²) < 4.78 is 11.4. The van der Waals surface area contributed by atoms with Crippen LogP contribution in [0.25, 0.3) is 11.1 Å². The second-order valence-corrected chi connectivity index (χ2v) is 9.27. The molecule has 0 radical (unpaired) electrons. The maximum atomic E-state index is 12.5. The average Bonchev–Trinajstić information content (AvgIpc) is 3.11. The fraction of sp³-hybridized carbons (Fsp3) is 0.286. The lowest BCUT2D eigenvalue weighted by Gasteiger charge is -2.21. The smallest absolute Gasteiger partial charge is 0.407 e. The Labute approximate surface area is 194 Å². The monoisotopic (exact) mass is 443 g/mol. The van der Waals surface area contributed by atoms with Gasteiger partial charge in [0.25, 0.3) is 0 Å². The fourth-order valence-corrected chi connectivity index (χ4v) is 4.23. The van der Waals surface area contributed by atoms with Gasteiger partial charge in [0.15, 0.2) is 0 Å². The van der Waals surface area contributed by atoms with Gasteiger partial charge in [-0.3, -0.25) is 0 Å². The van der Waals surface area contributed by atoms with E-state index in [0.717, 1.165) is 28.7 Å². The Kier molecular flexibility index (Phi) is 6.50. The van der Waals surface area contributed by atoms with Crippen LogP contribution in [0.15, 0.2) is 72.8 Å². The third-order valence-corrected chi connectivity index (χ3v) is 5.61. The van der Waals surface area contributed by atoms with Gasteiger partial charge in [-0.05, 0) is 67.1 Å². The van der Waals surface area contributed by atoms with E-state index >= 15 is 0 Å². The largest absolute Gasteiger partial charge is 0.488 e. The van der Waals surface area contributed by atoms with Crippen LogP contribution < -0.4 is 10.1 Å². The summed E-state index contributed by atoms with van der Waals surface area (Å²) in [6.07, 6.45) is 0.520. The minimum Gasteiger partial charge on any atom is -0.488 e. The van der Waals surface area contributed by atoms with Crippen molar-refractivity contribution in [3.8, 4) is 16.9 Å². The van der Waals surface area contributed by atoms with Crippen molar-refractivity contribution in [2.75, 3.05) is 6.61 Å². The molecule has 1 amide bonds. The molecular weight excluding hydrogens is 414 g/mol. The second kappa shape index (κ2) is 9.49. The maximum Gasteiger partial charge on any atom is 0.407 e. The Morgan fingerprint density at radius 3 is 2.06 bits per heavy atom. The van der Waals surface area contributed by atoms with Crippen molar-refractivity contribution in [2.45, 2.75) is 44.8 Å². The van der Waals surface area contributed by atoms with Gasteiger partial charge in [0, 0.05) is 5.92 Å². The van der Waals surface area contributed by atoms with E-state index in [1.807, 2.05) is 69.3 Å². The van der Waals surface area contributed by atoms with Crippen LogP contribution in [0.1, 0.15) is 43.4 Å². The lowest BCUT2D eigenvalue weighted by atomic mass is 9.98. The summed E-state index contributed by atoms with van der Waals surface area (Å²) >= 11 is 0. The molecule has 0 bridgehead atoms. The molecule has 3 aromatic rings. The summed E-state index contributed by atoms with van der Waals surface area (Å²) in [5, 5.41) is 2.68. The minimum atomic E-state index is -0.671. The molecule has 5 heteroatoms. The molecule has 1 atom stereocenters. The summed E-state index contributed by atoms with van der Waals surface area (Å²) in [4.78, 5) is 24.1. The molecule has 4 rings (SSSR count). The number of ether oxygens (including phenoxy) is 2. The predicted octanol–water partition coefficient (Wildman–Crippen LogP) is 5.51. The number of aldehydes is 1. The predicted molar refractivity (Wildman–Crippen MR) is 129 cm³/mol. The van der Waals surface area contributed by atoms with Gasteiger partial charge >= 0.3 is 6.09 Å². The first kappa shape index (κ1) is 22.6. The van der Waals surface area contributed by atoms with Gasteiger partial charge in [0.05, 0.1) is 6.04 Å². The van der Waals surface area contributed by atoms with Crippen molar-refractivity contribution in [1.29, 1.82) is 0 Å². The van der Waals surface area contributed by atoms with E-state index in [1.165, 1.54) is 11.1 Å².